The third kappa shape index (κ3) is 6.98. The number of rotatable bonds is 7. The molecule has 0 saturated heterocycles. The molecule has 4 N–H and O–H groups in total. The van der Waals surface area contributed by atoms with Gasteiger partial charge in [0.15, 0.2) is 0 Å². The van der Waals surface area contributed by atoms with Crippen molar-refractivity contribution in [1.29, 1.82) is 0 Å². The Kier molecular flexibility index (Phi) is 7.98. The standard InChI is InChI=1S/C26H28ClN7O4S/c1-26(2,3)22-16-23(30-25(36)29-20-12-10-19(27)11-13-20)34(31-22)21-9-5-4-8-18(21)17-28-24(35)32-39(37,38)33-14-6-7-15-33/h4-16H,17H2,1-3H3,(H2,28,32,35)(H2,29,30,36). The summed E-state index contributed by atoms with van der Waals surface area (Å²) in [6, 6.07) is 17.3. The van der Waals surface area contributed by atoms with Crippen LogP contribution in [0.4, 0.5) is 21.1 Å². The van der Waals surface area contributed by atoms with Crippen LogP contribution in [-0.4, -0.2) is 34.2 Å². The quantitative estimate of drug-likeness (QED) is 0.252. The van der Waals surface area contributed by atoms with Gasteiger partial charge in [0.25, 0.3) is 0 Å². The van der Waals surface area contributed by atoms with E-state index in [2.05, 4.69) is 16.0 Å². The molecule has 13 heteroatoms. The first-order chi connectivity index (χ1) is 18.4. The first-order valence-electron chi connectivity index (χ1n) is 11.9. The minimum Gasteiger partial charge on any atom is -0.333 e. The van der Waals surface area contributed by atoms with Gasteiger partial charge in [-0.3, -0.25) is 5.32 Å². The lowest BCUT2D eigenvalue weighted by Crippen LogP contribution is -2.41. The van der Waals surface area contributed by atoms with Crippen LogP contribution >= 0.6 is 11.6 Å². The summed E-state index contributed by atoms with van der Waals surface area (Å²) in [5.41, 5.74) is 2.18. The van der Waals surface area contributed by atoms with Crippen molar-refractivity contribution in [3.63, 3.8) is 0 Å². The molecule has 4 rings (SSSR count). The van der Waals surface area contributed by atoms with Crippen molar-refractivity contribution >= 4 is 45.4 Å². The van der Waals surface area contributed by atoms with E-state index >= 15 is 0 Å². The van der Waals surface area contributed by atoms with Gasteiger partial charge in [0.1, 0.15) is 5.82 Å². The summed E-state index contributed by atoms with van der Waals surface area (Å²) in [5, 5.41) is 13.4. The van der Waals surface area contributed by atoms with Crippen molar-refractivity contribution in [3.8, 4) is 5.69 Å². The Balaban J connectivity index is 1.56. The molecule has 0 aliphatic heterocycles. The Morgan fingerprint density at radius 1 is 0.923 bits per heavy atom. The maximum absolute atomic E-state index is 12.8. The zero-order valence-corrected chi connectivity index (χ0v) is 23.0. The number of urea groups is 2. The molecular formula is C26H28ClN7O4S. The minimum atomic E-state index is -4.07. The van der Waals surface area contributed by atoms with E-state index in [1.807, 2.05) is 25.5 Å². The number of anilines is 2. The molecule has 0 bridgehead atoms. The van der Waals surface area contributed by atoms with Gasteiger partial charge in [0.05, 0.1) is 11.4 Å². The number of carbonyl (C=O) groups is 2. The Morgan fingerprint density at radius 2 is 1.59 bits per heavy atom. The molecular weight excluding hydrogens is 542 g/mol. The number of para-hydroxylation sites is 1. The summed E-state index contributed by atoms with van der Waals surface area (Å²) in [4.78, 5) is 25.2. The van der Waals surface area contributed by atoms with Crippen LogP contribution in [0.1, 0.15) is 32.0 Å². The second-order valence-electron chi connectivity index (χ2n) is 9.59. The summed E-state index contributed by atoms with van der Waals surface area (Å²) in [7, 11) is -4.07. The molecule has 2 aromatic carbocycles. The molecule has 0 atom stereocenters. The molecule has 39 heavy (non-hydrogen) atoms. The second kappa shape index (κ2) is 11.2. The van der Waals surface area contributed by atoms with Gasteiger partial charge in [-0.2, -0.15) is 13.5 Å². The Morgan fingerprint density at radius 3 is 2.26 bits per heavy atom. The monoisotopic (exact) mass is 569 g/mol. The molecule has 0 aliphatic carbocycles. The third-order valence-corrected chi connectivity index (χ3v) is 7.05. The van der Waals surface area contributed by atoms with Crippen LogP contribution in [0.2, 0.25) is 5.02 Å². The fraction of sp³-hybridized carbons (Fsp3) is 0.192. The first-order valence-corrected chi connectivity index (χ1v) is 13.7. The highest BCUT2D eigenvalue weighted by atomic mass is 35.5. The predicted octanol–water partition coefficient (Wildman–Crippen LogP) is 4.86. The van der Waals surface area contributed by atoms with Gasteiger partial charge < -0.3 is 10.6 Å². The predicted molar refractivity (Wildman–Crippen MR) is 150 cm³/mol. The number of carbonyl (C=O) groups excluding carboxylic acids is 2. The highest BCUT2D eigenvalue weighted by Crippen LogP contribution is 2.28. The molecule has 11 nitrogen and oxygen atoms in total. The molecule has 204 valence electrons. The summed E-state index contributed by atoms with van der Waals surface area (Å²) in [5.74, 6) is 0.401. The highest BCUT2D eigenvalue weighted by Gasteiger charge is 2.23. The maximum Gasteiger partial charge on any atom is 0.330 e. The second-order valence-corrected chi connectivity index (χ2v) is 11.6. The van der Waals surface area contributed by atoms with Crippen LogP contribution < -0.4 is 20.7 Å². The smallest absolute Gasteiger partial charge is 0.330 e. The molecule has 0 saturated carbocycles. The van der Waals surface area contributed by atoms with Crippen LogP contribution in [0.5, 0.6) is 0 Å². The van der Waals surface area contributed by atoms with E-state index < -0.39 is 22.3 Å². The van der Waals surface area contributed by atoms with Gasteiger partial charge in [0.2, 0.25) is 0 Å². The minimum absolute atomic E-state index is 0.00960. The average Bonchev–Trinajstić information content (AvgIpc) is 3.55. The zero-order valence-electron chi connectivity index (χ0n) is 21.5. The topological polar surface area (TPSA) is 139 Å². The SMILES string of the molecule is CC(C)(C)c1cc(NC(=O)Nc2ccc(Cl)cc2)n(-c2ccccc2CNC(=O)NS(=O)(=O)n2cccc2)n1. The van der Waals surface area contributed by atoms with E-state index in [-0.39, 0.29) is 12.0 Å². The first kappa shape index (κ1) is 27.7. The van der Waals surface area contributed by atoms with Crippen LogP contribution in [-0.2, 0) is 22.2 Å². The van der Waals surface area contributed by atoms with E-state index in [0.29, 0.717) is 27.8 Å². The van der Waals surface area contributed by atoms with Gasteiger partial charge in [-0.25, -0.2) is 23.0 Å². The summed E-state index contributed by atoms with van der Waals surface area (Å²) >= 11 is 5.93. The molecule has 0 aliphatic rings. The molecule has 0 spiro atoms. The molecule has 0 unspecified atom stereocenters. The molecule has 4 amide bonds. The molecule has 2 aromatic heterocycles. The lowest BCUT2D eigenvalue weighted by Gasteiger charge is -2.15. The van der Waals surface area contributed by atoms with E-state index in [1.54, 1.807) is 59.3 Å². The van der Waals surface area contributed by atoms with E-state index in [0.717, 1.165) is 9.67 Å². The molecule has 0 fully saturated rings. The highest BCUT2D eigenvalue weighted by molar-refractivity contribution is 7.88. The largest absolute Gasteiger partial charge is 0.333 e. The van der Waals surface area contributed by atoms with Crippen LogP contribution in [0, 0.1) is 0 Å². The normalized spacial score (nSPS) is 11.6. The fourth-order valence-electron chi connectivity index (χ4n) is 3.56. The molecule has 0 radical (unpaired) electrons. The van der Waals surface area contributed by atoms with Gasteiger partial charge in [0, 0.05) is 41.1 Å². The van der Waals surface area contributed by atoms with E-state index in [9.17, 15) is 18.0 Å². The lowest BCUT2D eigenvalue weighted by atomic mass is 9.92. The molecule has 2 heterocycles. The Hall–Kier alpha value is -4.29. The lowest BCUT2D eigenvalue weighted by molar-refractivity contribution is 0.245. The number of amides is 4. The number of nitrogens with zero attached hydrogens (tertiary/aromatic N) is 3. The van der Waals surface area contributed by atoms with Crippen molar-refractivity contribution in [1.82, 2.24) is 23.8 Å². The van der Waals surface area contributed by atoms with Gasteiger partial charge in [-0.15, -0.1) is 0 Å². The van der Waals surface area contributed by atoms with Crippen molar-refractivity contribution in [3.05, 3.63) is 95.4 Å². The zero-order chi connectivity index (χ0) is 28.2. The maximum atomic E-state index is 12.8. The van der Waals surface area contributed by atoms with E-state index in [1.165, 1.54) is 24.5 Å². The summed E-state index contributed by atoms with van der Waals surface area (Å²) in [6.07, 6.45) is 2.63. The van der Waals surface area contributed by atoms with Crippen LogP contribution in [0.3, 0.4) is 0 Å². The number of benzene rings is 2. The Bertz CT molecular complexity index is 1580. The summed E-state index contributed by atoms with van der Waals surface area (Å²) in [6.45, 7) is 5.99. The van der Waals surface area contributed by atoms with Crippen LogP contribution in [0.25, 0.3) is 5.69 Å². The Labute approximate surface area is 231 Å². The van der Waals surface area contributed by atoms with Crippen molar-refractivity contribution in [2.45, 2.75) is 32.7 Å². The number of aromatic nitrogens is 3. The van der Waals surface area contributed by atoms with Gasteiger partial charge in [-0.1, -0.05) is 50.6 Å². The molecule has 4 aromatic rings. The fourth-order valence-corrected chi connectivity index (χ4v) is 4.56. The number of halogens is 1. The van der Waals surface area contributed by atoms with Crippen molar-refractivity contribution in [2.24, 2.45) is 0 Å². The van der Waals surface area contributed by atoms with E-state index in [4.69, 9.17) is 16.7 Å². The van der Waals surface area contributed by atoms with Crippen molar-refractivity contribution < 1.29 is 18.0 Å². The number of hydrogen-bond donors (Lipinski definition) is 4. The third-order valence-electron chi connectivity index (χ3n) is 5.56. The number of hydrogen-bond acceptors (Lipinski definition) is 5. The van der Waals surface area contributed by atoms with Gasteiger partial charge >= 0.3 is 22.3 Å². The number of nitrogens with one attached hydrogen (secondary N) is 4. The summed E-state index contributed by atoms with van der Waals surface area (Å²) < 4.78 is 29.1. The van der Waals surface area contributed by atoms with Crippen molar-refractivity contribution in [2.75, 3.05) is 10.6 Å². The van der Waals surface area contributed by atoms with Gasteiger partial charge in [-0.05, 0) is 48.0 Å². The average molecular weight is 570 g/mol. The van der Waals surface area contributed by atoms with Crippen LogP contribution in [0.15, 0.2) is 79.1 Å².